The molecule has 5 heteroatoms. The van der Waals surface area contributed by atoms with Gasteiger partial charge in [0, 0.05) is 12.2 Å². The first-order valence-corrected chi connectivity index (χ1v) is 7.43. The van der Waals surface area contributed by atoms with Crippen LogP contribution in [0.3, 0.4) is 0 Å². The fourth-order valence-electron chi connectivity index (χ4n) is 2.67. The van der Waals surface area contributed by atoms with Crippen LogP contribution in [0.2, 0.25) is 0 Å². The molecule has 2 rings (SSSR count). The van der Waals surface area contributed by atoms with E-state index < -0.39 is 6.04 Å². The predicted molar refractivity (Wildman–Crippen MR) is 80.5 cm³/mol. The largest absolute Gasteiger partial charge is 0.464 e. The van der Waals surface area contributed by atoms with E-state index in [2.05, 4.69) is 0 Å². The van der Waals surface area contributed by atoms with Crippen molar-refractivity contribution in [1.82, 2.24) is 4.90 Å². The second-order valence-corrected chi connectivity index (χ2v) is 5.23. The molecule has 0 saturated carbocycles. The molecule has 2 N–H and O–H groups in total. The van der Waals surface area contributed by atoms with Crippen molar-refractivity contribution in [2.24, 2.45) is 0 Å². The Morgan fingerprint density at radius 3 is 2.81 bits per heavy atom. The number of hydrogen-bond acceptors (Lipinski definition) is 4. The van der Waals surface area contributed by atoms with Crippen molar-refractivity contribution in [2.45, 2.75) is 38.6 Å². The monoisotopic (exact) mass is 290 g/mol. The van der Waals surface area contributed by atoms with Gasteiger partial charge in [-0.05, 0) is 37.8 Å². The Kier molecular flexibility index (Phi) is 5.20. The molecule has 1 aromatic carbocycles. The number of carbonyl (C=O) groups is 2. The van der Waals surface area contributed by atoms with Crippen LogP contribution in [0.25, 0.3) is 0 Å². The third-order valence-electron chi connectivity index (χ3n) is 3.78. The molecule has 0 aromatic heterocycles. The Hall–Kier alpha value is -2.04. The highest BCUT2D eigenvalue weighted by atomic mass is 16.5. The number of amides is 1. The number of nitrogen functional groups attached to an aromatic ring is 1. The van der Waals surface area contributed by atoms with Gasteiger partial charge in [-0.25, -0.2) is 4.79 Å². The van der Waals surface area contributed by atoms with E-state index in [1.54, 1.807) is 17.9 Å². The second-order valence-electron chi connectivity index (χ2n) is 5.23. The van der Waals surface area contributed by atoms with Gasteiger partial charge in [0.1, 0.15) is 6.04 Å². The van der Waals surface area contributed by atoms with Crippen LogP contribution in [0, 0.1) is 0 Å². The third-order valence-corrected chi connectivity index (χ3v) is 3.78. The maximum atomic E-state index is 12.5. The standard InChI is InChI=1S/C16H22N2O3/c1-2-21-16(20)14-9-5-6-10-18(14)15(19)11-12-7-3-4-8-13(12)17/h3-4,7-8,14H,2,5-6,9-11,17H2,1H3. The Balaban J connectivity index is 2.08. The molecular formula is C16H22N2O3. The van der Waals surface area contributed by atoms with Crippen LogP contribution < -0.4 is 5.73 Å². The van der Waals surface area contributed by atoms with Gasteiger partial charge >= 0.3 is 5.97 Å². The van der Waals surface area contributed by atoms with Crippen molar-refractivity contribution in [2.75, 3.05) is 18.9 Å². The first-order valence-electron chi connectivity index (χ1n) is 7.43. The topological polar surface area (TPSA) is 72.6 Å². The van der Waals surface area contributed by atoms with Crippen LogP contribution in [0.5, 0.6) is 0 Å². The Morgan fingerprint density at radius 2 is 2.10 bits per heavy atom. The Bertz CT molecular complexity index is 516. The quantitative estimate of drug-likeness (QED) is 0.677. The number of nitrogens with zero attached hydrogens (tertiary/aromatic N) is 1. The van der Waals surface area contributed by atoms with Crippen molar-refractivity contribution in [1.29, 1.82) is 0 Å². The van der Waals surface area contributed by atoms with E-state index in [1.165, 1.54) is 0 Å². The fraction of sp³-hybridized carbons (Fsp3) is 0.500. The lowest BCUT2D eigenvalue weighted by molar-refractivity contribution is -0.156. The second kappa shape index (κ2) is 7.11. The van der Waals surface area contributed by atoms with Crippen molar-refractivity contribution >= 4 is 17.6 Å². The summed E-state index contributed by atoms with van der Waals surface area (Å²) in [4.78, 5) is 26.1. The number of esters is 1. The number of benzene rings is 1. The molecule has 0 radical (unpaired) electrons. The summed E-state index contributed by atoms with van der Waals surface area (Å²) < 4.78 is 5.08. The zero-order chi connectivity index (χ0) is 15.2. The number of anilines is 1. The number of piperidine rings is 1. The van der Waals surface area contributed by atoms with E-state index in [0.717, 1.165) is 18.4 Å². The molecular weight excluding hydrogens is 268 g/mol. The van der Waals surface area contributed by atoms with Gasteiger partial charge in [0.15, 0.2) is 0 Å². The summed E-state index contributed by atoms with van der Waals surface area (Å²) in [7, 11) is 0. The maximum Gasteiger partial charge on any atom is 0.328 e. The van der Waals surface area contributed by atoms with Gasteiger partial charge in [0.2, 0.25) is 5.91 Å². The lowest BCUT2D eigenvalue weighted by atomic mass is 10.0. The van der Waals surface area contributed by atoms with Gasteiger partial charge in [0.25, 0.3) is 0 Å². The summed E-state index contributed by atoms with van der Waals surface area (Å²) in [6.45, 7) is 2.72. The molecule has 1 atom stereocenters. The lowest BCUT2D eigenvalue weighted by Crippen LogP contribution is -2.49. The van der Waals surface area contributed by atoms with Crippen molar-refractivity contribution < 1.29 is 14.3 Å². The molecule has 1 amide bonds. The molecule has 0 spiro atoms. The van der Waals surface area contributed by atoms with Gasteiger partial charge in [-0.2, -0.15) is 0 Å². The van der Waals surface area contributed by atoms with Crippen LogP contribution >= 0.6 is 0 Å². The maximum absolute atomic E-state index is 12.5. The van der Waals surface area contributed by atoms with Gasteiger partial charge in [-0.3, -0.25) is 4.79 Å². The number of rotatable bonds is 4. The van der Waals surface area contributed by atoms with Crippen LogP contribution in [0.15, 0.2) is 24.3 Å². The van der Waals surface area contributed by atoms with E-state index in [0.29, 0.717) is 25.3 Å². The number of ether oxygens (including phenoxy) is 1. The molecule has 0 bridgehead atoms. The first-order chi connectivity index (χ1) is 10.1. The molecule has 1 aliphatic rings. The van der Waals surface area contributed by atoms with Crippen molar-refractivity contribution in [3.05, 3.63) is 29.8 Å². The summed E-state index contributed by atoms with van der Waals surface area (Å²) in [5, 5.41) is 0. The molecule has 1 heterocycles. The summed E-state index contributed by atoms with van der Waals surface area (Å²) in [5.74, 6) is -0.364. The molecule has 0 aliphatic carbocycles. The summed E-state index contributed by atoms with van der Waals surface area (Å²) in [6, 6.07) is 6.87. The molecule has 1 aromatic rings. The summed E-state index contributed by atoms with van der Waals surface area (Å²) in [5.41, 5.74) is 7.29. The molecule has 1 fully saturated rings. The number of nitrogens with two attached hydrogens (primary N) is 1. The number of likely N-dealkylation sites (tertiary alicyclic amines) is 1. The van der Waals surface area contributed by atoms with Gasteiger partial charge < -0.3 is 15.4 Å². The van der Waals surface area contributed by atoms with Crippen LogP contribution in [0.4, 0.5) is 5.69 Å². The predicted octanol–water partition coefficient (Wildman–Crippen LogP) is 1.76. The highest BCUT2D eigenvalue weighted by Gasteiger charge is 2.33. The highest BCUT2D eigenvalue weighted by Crippen LogP contribution is 2.21. The fourth-order valence-corrected chi connectivity index (χ4v) is 2.67. The van der Waals surface area contributed by atoms with Gasteiger partial charge in [0.05, 0.1) is 13.0 Å². The minimum atomic E-state index is -0.448. The molecule has 21 heavy (non-hydrogen) atoms. The van der Waals surface area contributed by atoms with Crippen LogP contribution in [0.1, 0.15) is 31.7 Å². The van der Waals surface area contributed by atoms with E-state index in [-0.39, 0.29) is 18.3 Å². The van der Waals surface area contributed by atoms with Crippen LogP contribution in [-0.2, 0) is 20.7 Å². The molecule has 114 valence electrons. The van der Waals surface area contributed by atoms with Gasteiger partial charge in [-0.15, -0.1) is 0 Å². The minimum absolute atomic E-state index is 0.0642. The Labute approximate surface area is 125 Å². The first kappa shape index (κ1) is 15.4. The van der Waals surface area contributed by atoms with Crippen LogP contribution in [-0.4, -0.2) is 36.0 Å². The molecule has 1 saturated heterocycles. The van der Waals surface area contributed by atoms with Gasteiger partial charge in [-0.1, -0.05) is 18.2 Å². The third kappa shape index (κ3) is 3.74. The van der Waals surface area contributed by atoms with E-state index in [1.807, 2.05) is 18.2 Å². The molecule has 1 aliphatic heterocycles. The molecule has 5 nitrogen and oxygen atoms in total. The molecule has 1 unspecified atom stereocenters. The van der Waals surface area contributed by atoms with E-state index in [9.17, 15) is 9.59 Å². The normalized spacial score (nSPS) is 18.3. The van der Waals surface area contributed by atoms with Crippen molar-refractivity contribution in [3.8, 4) is 0 Å². The van der Waals surface area contributed by atoms with E-state index >= 15 is 0 Å². The number of hydrogen-bond donors (Lipinski definition) is 1. The zero-order valence-corrected chi connectivity index (χ0v) is 12.4. The lowest BCUT2D eigenvalue weighted by Gasteiger charge is -2.34. The smallest absolute Gasteiger partial charge is 0.328 e. The number of carbonyl (C=O) groups excluding carboxylic acids is 2. The van der Waals surface area contributed by atoms with E-state index in [4.69, 9.17) is 10.5 Å². The summed E-state index contributed by atoms with van der Waals surface area (Å²) in [6.07, 6.45) is 2.77. The minimum Gasteiger partial charge on any atom is -0.464 e. The summed E-state index contributed by atoms with van der Waals surface area (Å²) >= 11 is 0. The SMILES string of the molecule is CCOC(=O)C1CCCCN1C(=O)Cc1ccccc1N. The van der Waals surface area contributed by atoms with Crippen molar-refractivity contribution in [3.63, 3.8) is 0 Å². The average Bonchev–Trinajstić information content (AvgIpc) is 2.50. The average molecular weight is 290 g/mol. The zero-order valence-electron chi connectivity index (χ0n) is 12.4. The highest BCUT2D eigenvalue weighted by molar-refractivity contribution is 5.86. The Morgan fingerprint density at radius 1 is 1.33 bits per heavy atom. The number of para-hydroxylation sites is 1.